The second-order valence-corrected chi connectivity index (χ2v) is 5.90. The molecule has 3 rings (SSSR count). The van der Waals surface area contributed by atoms with Gasteiger partial charge >= 0.3 is 6.61 Å². The number of ether oxygens (including phenoxy) is 1. The van der Waals surface area contributed by atoms with Gasteiger partial charge in [-0.25, -0.2) is 0 Å². The summed E-state index contributed by atoms with van der Waals surface area (Å²) in [6.45, 7) is -0.143. The molecule has 1 aliphatic heterocycles. The second-order valence-electron chi connectivity index (χ2n) is 5.90. The van der Waals surface area contributed by atoms with Gasteiger partial charge in [0.2, 0.25) is 5.91 Å². The smallest absolute Gasteiger partial charge is 0.387 e. The molecule has 0 N–H and O–H groups in total. The molecule has 4 nitrogen and oxygen atoms in total. The number of carbonyl (C=O) groups excluding carboxylic acids is 1. The Labute approximate surface area is 151 Å². The quantitative estimate of drug-likeness (QED) is 0.765. The van der Waals surface area contributed by atoms with Crippen LogP contribution in [0.3, 0.4) is 0 Å². The van der Waals surface area contributed by atoms with Crippen molar-refractivity contribution in [1.82, 2.24) is 4.90 Å². The van der Waals surface area contributed by atoms with E-state index in [0.717, 1.165) is 18.8 Å². The standard InChI is InChI=1S/C20H20F2N2O2/c21-20(22)26-18-9-5-4-6-16(18)10-11-19(25)24-14-12-23(13-15-24)17-7-2-1-3-8-17/h1-11,20H,12-15H2/b11-10+. The average Bonchev–Trinajstić information content (AvgIpc) is 2.67. The minimum Gasteiger partial charge on any atom is -0.434 e. The van der Waals surface area contributed by atoms with Gasteiger partial charge in [-0.2, -0.15) is 8.78 Å². The zero-order chi connectivity index (χ0) is 18.4. The number of amides is 1. The van der Waals surface area contributed by atoms with Crippen molar-refractivity contribution in [3.8, 4) is 5.75 Å². The van der Waals surface area contributed by atoms with Crippen LogP contribution in [0, 0.1) is 0 Å². The van der Waals surface area contributed by atoms with E-state index in [-0.39, 0.29) is 11.7 Å². The minimum atomic E-state index is -2.90. The summed E-state index contributed by atoms with van der Waals surface area (Å²) in [6, 6.07) is 16.5. The zero-order valence-electron chi connectivity index (χ0n) is 14.2. The van der Waals surface area contributed by atoms with Crippen molar-refractivity contribution in [3.63, 3.8) is 0 Å². The molecule has 2 aromatic rings. The lowest BCUT2D eigenvalue weighted by Gasteiger charge is -2.35. The largest absolute Gasteiger partial charge is 0.434 e. The summed E-state index contributed by atoms with van der Waals surface area (Å²) in [4.78, 5) is 16.4. The Morgan fingerprint density at radius 2 is 1.62 bits per heavy atom. The molecular formula is C20H20F2N2O2. The predicted octanol–water partition coefficient (Wildman–Crippen LogP) is 3.65. The van der Waals surface area contributed by atoms with Crippen LogP contribution in [0.25, 0.3) is 6.08 Å². The number of benzene rings is 2. The van der Waals surface area contributed by atoms with E-state index in [9.17, 15) is 13.6 Å². The van der Waals surface area contributed by atoms with Crippen molar-refractivity contribution in [2.45, 2.75) is 6.61 Å². The molecule has 6 heteroatoms. The van der Waals surface area contributed by atoms with Gasteiger partial charge < -0.3 is 14.5 Å². The van der Waals surface area contributed by atoms with Crippen molar-refractivity contribution < 1.29 is 18.3 Å². The average molecular weight is 358 g/mol. The van der Waals surface area contributed by atoms with Crippen LogP contribution in [-0.2, 0) is 4.79 Å². The molecule has 136 valence electrons. The molecule has 0 atom stereocenters. The topological polar surface area (TPSA) is 32.8 Å². The fraction of sp³-hybridized carbons (Fsp3) is 0.250. The summed E-state index contributed by atoms with van der Waals surface area (Å²) in [6.07, 6.45) is 2.93. The maximum atomic E-state index is 12.4. The van der Waals surface area contributed by atoms with Crippen molar-refractivity contribution in [1.29, 1.82) is 0 Å². The van der Waals surface area contributed by atoms with Crippen molar-refractivity contribution in [2.24, 2.45) is 0 Å². The minimum absolute atomic E-state index is 0.0560. The lowest BCUT2D eigenvalue weighted by Crippen LogP contribution is -2.48. The first kappa shape index (κ1) is 17.9. The molecule has 1 heterocycles. The molecule has 2 aromatic carbocycles. The zero-order valence-corrected chi connectivity index (χ0v) is 14.2. The fourth-order valence-electron chi connectivity index (χ4n) is 2.91. The summed E-state index contributed by atoms with van der Waals surface area (Å²) in [5, 5.41) is 0. The van der Waals surface area contributed by atoms with Crippen molar-refractivity contribution in [2.75, 3.05) is 31.1 Å². The molecule has 1 saturated heterocycles. The number of hydrogen-bond donors (Lipinski definition) is 0. The van der Waals surface area contributed by atoms with E-state index in [1.54, 1.807) is 23.1 Å². The van der Waals surface area contributed by atoms with Gasteiger partial charge in [-0.05, 0) is 24.3 Å². The SMILES string of the molecule is O=C(/C=C/c1ccccc1OC(F)F)N1CCN(c2ccccc2)CC1. The highest BCUT2D eigenvalue weighted by atomic mass is 19.3. The van der Waals surface area contributed by atoms with E-state index in [0.29, 0.717) is 18.7 Å². The van der Waals surface area contributed by atoms with Crippen LogP contribution in [0.2, 0.25) is 0 Å². The normalized spacial score (nSPS) is 14.9. The molecule has 1 fully saturated rings. The Morgan fingerprint density at radius 3 is 2.31 bits per heavy atom. The molecule has 1 aliphatic rings. The predicted molar refractivity (Wildman–Crippen MR) is 97.3 cm³/mol. The van der Waals surface area contributed by atoms with Crippen LogP contribution in [0.5, 0.6) is 5.75 Å². The first-order valence-electron chi connectivity index (χ1n) is 8.44. The molecule has 26 heavy (non-hydrogen) atoms. The van der Waals surface area contributed by atoms with Gasteiger partial charge in [0.25, 0.3) is 0 Å². The Bertz CT molecular complexity index is 757. The molecular weight excluding hydrogens is 338 g/mol. The van der Waals surface area contributed by atoms with Gasteiger partial charge in [0, 0.05) is 43.5 Å². The molecule has 0 aromatic heterocycles. The Morgan fingerprint density at radius 1 is 0.962 bits per heavy atom. The van der Waals surface area contributed by atoms with Gasteiger partial charge in [-0.3, -0.25) is 4.79 Å². The number of nitrogens with zero attached hydrogens (tertiary/aromatic N) is 2. The third-order valence-corrected chi connectivity index (χ3v) is 4.25. The number of carbonyl (C=O) groups is 1. The van der Waals surface area contributed by atoms with Crippen LogP contribution in [0.1, 0.15) is 5.56 Å². The lowest BCUT2D eigenvalue weighted by atomic mass is 10.2. The Kier molecular flexibility index (Phi) is 5.84. The highest BCUT2D eigenvalue weighted by molar-refractivity contribution is 5.92. The highest BCUT2D eigenvalue weighted by Crippen LogP contribution is 2.22. The van der Waals surface area contributed by atoms with E-state index in [2.05, 4.69) is 21.8 Å². The van der Waals surface area contributed by atoms with Crippen molar-refractivity contribution >= 4 is 17.7 Å². The van der Waals surface area contributed by atoms with Gasteiger partial charge in [0.05, 0.1) is 0 Å². The Balaban J connectivity index is 1.59. The monoisotopic (exact) mass is 358 g/mol. The lowest BCUT2D eigenvalue weighted by molar-refractivity contribution is -0.126. The molecule has 1 amide bonds. The number of hydrogen-bond acceptors (Lipinski definition) is 3. The van der Waals surface area contributed by atoms with Crippen LogP contribution in [0.4, 0.5) is 14.5 Å². The third-order valence-electron chi connectivity index (χ3n) is 4.25. The number of anilines is 1. The number of rotatable bonds is 5. The highest BCUT2D eigenvalue weighted by Gasteiger charge is 2.19. The summed E-state index contributed by atoms with van der Waals surface area (Å²) in [5.74, 6) is -0.0787. The molecule has 0 spiro atoms. The van der Waals surface area contributed by atoms with Crippen LogP contribution < -0.4 is 9.64 Å². The molecule has 0 radical (unpaired) electrons. The molecule has 0 aliphatic carbocycles. The number of halogens is 2. The van der Waals surface area contributed by atoms with Crippen LogP contribution >= 0.6 is 0 Å². The van der Waals surface area contributed by atoms with E-state index in [4.69, 9.17) is 0 Å². The van der Waals surface area contributed by atoms with E-state index < -0.39 is 6.61 Å². The Hall–Kier alpha value is -2.89. The summed E-state index contributed by atoms with van der Waals surface area (Å²) >= 11 is 0. The van der Waals surface area contributed by atoms with Gasteiger partial charge in [-0.1, -0.05) is 36.4 Å². The summed E-state index contributed by atoms with van der Waals surface area (Å²) < 4.78 is 29.4. The van der Waals surface area contributed by atoms with E-state index in [1.807, 2.05) is 18.2 Å². The first-order chi connectivity index (χ1) is 12.6. The van der Waals surface area contributed by atoms with Gasteiger partial charge in [0.15, 0.2) is 0 Å². The summed E-state index contributed by atoms with van der Waals surface area (Å²) in [5.41, 5.74) is 1.59. The van der Waals surface area contributed by atoms with Gasteiger partial charge in [-0.15, -0.1) is 0 Å². The number of alkyl halides is 2. The first-order valence-corrected chi connectivity index (χ1v) is 8.44. The fourth-order valence-corrected chi connectivity index (χ4v) is 2.91. The van der Waals surface area contributed by atoms with Crippen molar-refractivity contribution in [3.05, 3.63) is 66.2 Å². The second kappa shape index (κ2) is 8.47. The maximum Gasteiger partial charge on any atom is 0.387 e. The van der Waals surface area contributed by atoms with E-state index in [1.165, 1.54) is 18.2 Å². The van der Waals surface area contributed by atoms with Crippen LogP contribution in [-0.4, -0.2) is 43.6 Å². The number of piperazine rings is 1. The molecule has 0 saturated carbocycles. The van der Waals surface area contributed by atoms with Gasteiger partial charge in [0.1, 0.15) is 5.75 Å². The summed E-state index contributed by atoms with van der Waals surface area (Å²) in [7, 11) is 0. The van der Waals surface area contributed by atoms with Crippen LogP contribution in [0.15, 0.2) is 60.7 Å². The molecule has 0 bridgehead atoms. The maximum absolute atomic E-state index is 12.4. The third kappa shape index (κ3) is 4.59. The van der Waals surface area contributed by atoms with E-state index >= 15 is 0 Å². The number of para-hydroxylation sites is 2. The molecule has 0 unspecified atom stereocenters.